The highest BCUT2D eigenvalue weighted by Crippen LogP contribution is 2.27. The minimum Gasteiger partial charge on any atom is -0.373 e. The van der Waals surface area contributed by atoms with Crippen LogP contribution in [0.15, 0.2) is 54.6 Å². The summed E-state index contributed by atoms with van der Waals surface area (Å²) in [4.78, 5) is 16.2. The molecule has 7 heteroatoms. The number of nitrogens with zero attached hydrogens (tertiary/aromatic N) is 3. The highest BCUT2D eigenvalue weighted by molar-refractivity contribution is 5.93. The van der Waals surface area contributed by atoms with Gasteiger partial charge in [0.25, 0.3) is 11.5 Å². The monoisotopic (exact) mass is 387 g/mol. The number of nitro benzene ring substituents is 1. The number of pyridine rings is 1. The SMILES string of the molecule is N#C/C(=C\c1cc2ccccc2[nH+]c1N1CCOCC1)c1ccc([N+](=O)[O-])cc1. The number of para-hydroxylation sites is 1. The third-order valence-electron chi connectivity index (χ3n) is 4.94. The molecule has 3 aromatic rings. The first kappa shape index (κ1) is 18.6. The molecule has 1 saturated heterocycles. The van der Waals surface area contributed by atoms with Crippen molar-refractivity contribution in [1.82, 2.24) is 0 Å². The van der Waals surface area contributed by atoms with Crippen LogP contribution in [0.2, 0.25) is 0 Å². The molecule has 2 aromatic carbocycles. The summed E-state index contributed by atoms with van der Waals surface area (Å²) in [7, 11) is 0. The Morgan fingerprint density at radius 2 is 1.90 bits per heavy atom. The van der Waals surface area contributed by atoms with E-state index in [1.54, 1.807) is 12.1 Å². The van der Waals surface area contributed by atoms with E-state index < -0.39 is 4.92 Å². The number of allylic oxidation sites excluding steroid dienone is 1. The van der Waals surface area contributed by atoms with Gasteiger partial charge >= 0.3 is 0 Å². The van der Waals surface area contributed by atoms with Crippen LogP contribution in [-0.2, 0) is 4.74 Å². The first-order valence-electron chi connectivity index (χ1n) is 9.30. The number of nitro groups is 1. The van der Waals surface area contributed by atoms with E-state index in [1.807, 2.05) is 30.3 Å². The maximum Gasteiger partial charge on any atom is 0.282 e. The van der Waals surface area contributed by atoms with Gasteiger partial charge in [-0.2, -0.15) is 5.26 Å². The molecular formula is C22H19N4O3+. The summed E-state index contributed by atoms with van der Waals surface area (Å²) in [6.07, 6.45) is 1.83. The zero-order valence-electron chi connectivity index (χ0n) is 15.7. The molecule has 4 rings (SSSR count). The zero-order valence-corrected chi connectivity index (χ0v) is 15.7. The standard InChI is InChI=1S/C22H18N4O3/c23-15-19(16-5-7-20(8-6-16)26(27)28)14-18-13-17-3-1-2-4-21(17)24-22(18)25-9-11-29-12-10-25/h1-8,13-14H,9-12H2/p+1/b19-14+. The van der Waals surface area contributed by atoms with Gasteiger partial charge in [-0.15, -0.1) is 0 Å². The highest BCUT2D eigenvalue weighted by atomic mass is 16.6. The molecule has 0 unspecified atom stereocenters. The Hall–Kier alpha value is -3.76. The quantitative estimate of drug-likeness (QED) is 0.388. The molecule has 1 aliphatic heterocycles. The largest absolute Gasteiger partial charge is 0.373 e. The van der Waals surface area contributed by atoms with Gasteiger partial charge < -0.3 is 4.74 Å². The Morgan fingerprint density at radius 1 is 1.17 bits per heavy atom. The summed E-state index contributed by atoms with van der Waals surface area (Å²) in [5.74, 6) is 0.932. The lowest BCUT2D eigenvalue weighted by atomic mass is 10.0. The van der Waals surface area contributed by atoms with Crippen LogP contribution in [-0.4, -0.2) is 31.2 Å². The van der Waals surface area contributed by atoms with Crippen molar-refractivity contribution < 1.29 is 14.6 Å². The molecule has 144 valence electrons. The number of non-ortho nitro benzene ring substituents is 1. The van der Waals surface area contributed by atoms with Crippen molar-refractivity contribution >= 4 is 34.1 Å². The second kappa shape index (κ2) is 8.09. The van der Waals surface area contributed by atoms with E-state index in [2.05, 4.69) is 22.0 Å². The van der Waals surface area contributed by atoms with E-state index in [-0.39, 0.29) is 5.69 Å². The van der Waals surface area contributed by atoms with Crippen molar-refractivity contribution in [3.8, 4) is 6.07 Å². The molecule has 29 heavy (non-hydrogen) atoms. The summed E-state index contributed by atoms with van der Waals surface area (Å²) < 4.78 is 5.47. The second-order valence-corrected chi connectivity index (χ2v) is 6.73. The maximum atomic E-state index is 10.9. The Kier molecular flexibility index (Phi) is 5.18. The van der Waals surface area contributed by atoms with Crippen LogP contribution in [0, 0.1) is 21.4 Å². The Morgan fingerprint density at radius 3 is 2.59 bits per heavy atom. The van der Waals surface area contributed by atoms with Crippen LogP contribution in [0.1, 0.15) is 11.1 Å². The molecule has 2 heterocycles. The van der Waals surface area contributed by atoms with E-state index in [9.17, 15) is 15.4 Å². The number of nitriles is 1. The van der Waals surface area contributed by atoms with Crippen molar-refractivity contribution in [3.63, 3.8) is 0 Å². The average Bonchev–Trinajstić information content (AvgIpc) is 2.77. The van der Waals surface area contributed by atoms with E-state index in [4.69, 9.17) is 4.74 Å². The van der Waals surface area contributed by atoms with Gasteiger partial charge in [0.05, 0.1) is 35.3 Å². The third kappa shape index (κ3) is 3.93. The van der Waals surface area contributed by atoms with Gasteiger partial charge in [-0.25, -0.2) is 4.98 Å². The number of aromatic nitrogens is 1. The first-order chi connectivity index (χ1) is 14.2. The predicted octanol–water partition coefficient (Wildman–Crippen LogP) is 3.46. The van der Waals surface area contributed by atoms with Crippen LogP contribution < -0.4 is 9.88 Å². The number of anilines is 1. The topological polar surface area (TPSA) is 93.5 Å². The van der Waals surface area contributed by atoms with E-state index in [0.717, 1.165) is 35.4 Å². The smallest absolute Gasteiger partial charge is 0.282 e. The number of ether oxygens (including phenoxy) is 1. The van der Waals surface area contributed by atoms with Gasteiger partial charge in [-0.1, -0.05) is 18.2 Å². The Labute approximate surface area is 167 Å². The van der Waals surface area contributed by atoms with E-state index >= 15 is 0 Å². The molecule has 0 atom stereocenters. The fourth-order valence-corrected chi connectivity index (χ4v) is 3.43. The summed E-state index contributed by atoms with van der Waals surface area (Å²) in [5, 5.41) is 21.7. The number of H-pyrrole nitrogens is 1. The minimum absolute atomic E-state index is 0.000848. The lowest BCUT2D eigenvalue weighted by Gasteiger charge is -2.22. The number of aromatic amines is 1. The van der Waals surface area contributed by atoms with Crippen molar-refractivity contribution in [2.75, 3.05) is 31.2 Å². The molecule has 1 fully saturated rings. The van der Waals surface area contributed by atoms with Crippen LogP contribution >= 0.6 is 0 Å². The van der Waals surface area contributed by atoms with Gasteiger partial charge in [-0.3, -0.25) is 15.0 Å². The molecule has 0 bridgehead atoms. The van der Waals surface area contributed by atoms with Gasteiger partial charge in [0.1, 0.15) is 18.6 Å². The molecular weight excluding hydrogens is 368 g/mol. The fourth-order valence-electron chi connectivity index (χ4n) is 3.43. The molecule has 7 nitrogen and oxygen atoms in total. The van der Waals surface area contributed by atoms with Crippen molar-refractivity contribution in [2.24, 2.45) is 0 Å². The van der Waals surface area contributed by atoms with Gasteiger partial charge in [0.15, 0.2) is 0 Å². The number of nitrogens with one attached hydrogen (secondary N) is 1. The Bertz CT molecular complexity index is 1130. The normalized spacial score (nSPS) is 14.6. The van der Waals surface area contributed by atoms with Gasteiger partial charge in [-0.05, 0) is 35.9 Å². The molecule has 0 amide bonds. The number of hydrogen-bond donors (Lipinski definition) is 0. The van der Waals surface area contributed by atoms with E-state index in [1.165, 1.54) is 12.1 Å². The first-order valence-corrected chi connectivity index (χ1v) is 9.30. The zero-order chi connectivity index (χ0) is 20.2. The van der Waals surface area contributed by atoms with Crippen LogP contribution in [0.4, 0.5) is 11.5 Å². The van der Waals surface area contributed by atoms with E-state index in [0.29, 0.717) is 24.4 Å². The summed E-state index contributed by atoms with van der Waals surface area (Å²) in [6, 6.07) is 18.3. The fraction of sp³-hybridized carbons (Fsp3) is 0.182. The average molecular weight is 387 g/mol. The van der Waals surface area contributed by atoms with Crippen molar-refractivity contribution in [2.45, 2.75) is 0 Å². The number of benzene rings is 2. The number of fused-ring (bicyclic) bond motifs is 1. The third-order valence-corrected chi connectivity index (χ3v) is 4.94. The molecule has 1 N–H and O–H groups in total. The molecule has 1 aromatic heterocycles. The van der Waals surface area contributed by atoms with Crippen LogP contribution in [0.25, 0.3) is 22.6 Å². The molecule has 0 spiro atoms. The lowest BCUT2D eigenvalue weighted by molar-refractivity contribution is -0.384. The summed E-state index contributed by atoms with van der Waals surface area (Å²) >= 11 is 0. The Balaban J connectivity index is 1.81. The van der Waals surface area contributed by atoms with Crippen LogP contribution in [0.3, 0.4) is 0 Å². The predicted molar refractivity (Wildman–Crippen MR) is 110 cm³/mol. The minimum atomic E-state index is -0.450. The maximum absolute atomic E-state index is 10.9. The van der Waals surface area contributed by atoms with Gasteiger partial charge in [0, 0.05) is 17.5 Å². The summed E-state index contributed by atoms with van der Waals surface area (Å²) in [5.41, 5.74) is 2.98. The van der Waals surface area contributed by atoms with Crippen molar-refractivity contribution in [1.29, 1.82) is 5.26 Å². The summed E-state index contributed by atoms with van der Waals surface area (Å²) in [6.45, 7) is 2.82. The molecule has 0 saturated carbocycles. The van der Waals surface area contributed by atoms with Gasteiger partial charge in [0.2, 0.25) is 0 Å². The highest BCUT2D eigenvalue weighted by Gasteiger charge is 2.23. The molecule has 0 aliphatic carbocycles. The number of hydrogen-bond acceptors (Lipinski definition) is 5. The number of rotatable bonds is 4. The molecule has 1 aliphatic rings. The second-order valence-electron chi connectivity index (χ2n) is 6.73. The number of morpholine rings is 1. The lowest BCUT2D eigenvalue weighted by Crippen LogP contribution is -2.40. The van der Waals surface area contributed by atoms with Crippen molar-refractivity contribution in [3.05, 3.63) is 75.8 Å². The molecule has 0 radical (unpaired) electrons. The van der Waals surface area contributed by atoms with Crippen LogP contribution in [0.5, 0.6) is 0 Å².